The lowest BCUT2D eigenvalue weighted by molar-refractivity contribution is -0.384. The number of anilines is 1. The van der Waals surface area contributed by atoms with E-state index in [2.05, 4.69) is 15.5 Å². The summed E-state index contributed by atoms with van der Waals surface area (Å²) in [5.74, 6) is 0.903. The van der Waals surface area contributed by atoms with Crippen LogP contribution in [0, 0.1) is 17.0 Å². The van der Waals surface area contributed by atoms with Gasteiger partial charge in [0.1, 0.15) is 6.61 Å². The summed E-state index contributed by atoms with van der Waals surface area (Å²) in [5.41, 5.74) is 5.18. The summed E-state index contributed by atoms with van der Waals surface area (Å²) in [6.45, 7) is 2.36. The van der Waals surface area contributed by atoms with Gasteiger partial charge in [0, 0.05) is 12.3 Å². The number of hydrazone groups is 1. The molecule has 3 rings (SSSR count). The van der Waals surface area contributed by atoms with E-state index in [4.69, 9.17) is 21.1 Å². The third kappa shape index (κ3) is 5.24. The maximum atomic E-state index is 11.0. The van der Waals surface area contributed by atoms with Crippen LogP contribution in [0.2, 0.25) is 5.02 Å². The first kappa shape index (κ1) is 21.1. The highest BCUT2D eigenvalue weighted by Crippen LogP contribution is 2.36. The molecule has 1 aromatic heterocycles. The van der Waals surface area contributed by atoms with Crippen LogP contribution >= 0.6 is 11.6 Å². The molecule has 154 valence electrons. The smallest absolute Gasteiger partial charge is 0.313 e. The van der Waals surface area contributed by atoms with Gasteiger partial charge in [-0.1, -0.05) is 41.4 Å². The number of aromatic nitrogens is 1. The van der Waals surface area contributed by atoms with Crippen LogP contribution in [0.25, 0.3) is 0 Å². The van der Waals surface area contributed by atoms with Gasteiger partial charge in [-0.25, -0.2) is 4.98 Å². The highest BCUT2D eigenvalue weighted by atomic mass is 35.5. The number of rotatable bonds is 8. The van der Waals surface area contributed by atoms with Gasteiger partial charge in [-0.3, -0.25) is 15.5 Å². The van der Waals surface area contributed by atoms with Crippen molar-refractivity contribution in [1.29, 1.82) is 0 Å². The number of halogens is 1. The predicted molar refractivity (Wildman–Crippen MR) is 116 cm³/mol. The minimum absolute atomic E-state index is 0.0369. The van der Waals surface area contributed by atoms with Gasteiger partial charge in [-0.05, 0) is 36.2 Å². The zero-order valence-corrected chi connectivity index (χ0v) is 17.1. The van der Waals surface area contributed by atoms with E-state index in [0.717, 1.165) is 5.56 Å². The van der Waals surface area contributed by atoms with Crippen LogP contribution in [-0.4, -0.2) is 23.2 Å². The molecule has 0 atom stereocenters. The van der Waals surface area contributed by atoms with Gasteiger partial charge < -0.3 is 9.47 Å². The van der Waals surface area contributed by atoms with Crippen LogP contribution in [0.4, 0.5) is 11.5 Å². The van der Waals surface area contributed by atoms with Crippen LogP contribution in [-0.2, 0) is 6.61 Å². The SMILES string of the molecule is COc1cc(/C=N\Nc2ncccc2[N+](=O)[O-])cc(Cl)c1OCc1ccc(C)cc1. The van der Waals surface area contributed by atoms with Crippen molar-refractivity contribution >= 4 is 29.3 Å². The molecule has 0 saturated heterocycles. The molecule has 0 aliphatic rings. The van der Waals surface area contributed by atoms with Crippen LogP contribution in [0.3, 0.4) is 0 Å². The number of ether oxygens (including phenoxy) is 2. The number of hydrogen-bond donors (Lipinski definition) is 1. The number of aryl methyl sites for hydroxylation is 1. The summed E-state index contributed by atoms with van der Waals surface area (Å²) in [5, 5.41) is 15.4. The highest BCUT2D eigenvalue weighted by molar-refractivity contribution is 6.32. The maximum Gasteiger partial charge on any atom is 0.313 e. The monoisotopic (exact) mass is 426 g/mol. The Morgan fingerprint density at radius 2 is 2.03 bits per heavy atom. The van der Waals surface area contributed by atoms with Crippen LogP contribution in [0.5, 0.6) is 11.5 Å². The highest BCUT2D eigenvalue weighted by Gasteiger charge is 2.14. The summed E-state index contributed by atoms with van der Waals surface area (Å²) in [6, 6.07) is 14.2. The Morgan fingerprint density at radius 3 is 2.73 bits per heavy atom. The van der Waals surface area contributed by atoms with Gasteiger partial charge in [0.2, 0.25) is 5.82 Å². The second kappa shape index (κ2) is 9.71. The number of hydrogen-bond acceptors (Lipinski definition) is 7. The van der Waals surface area contributed by atoms with Gasteiger partial charge in [-0.2, -0.15) is 5.10 Å². The Morgan fingerprint density at radius 1 is 1.27 bits per heavy atom. The fraction of sp³-hybridized carbons (Fsp3) is 0.143. The molecule has 0 unspecified atom stereocenters. The first-order valence-corrected chi connectivity index (χ1v) is 9.30. The molecule has 3 aromatic rings. The molecule has 0 fully saturated rings. The lowest BCUT2D eigenvalue weighted by atomic mass is 10.1. The topological polar surface area (TPSA) is 98.9 Å². The summed E-state index contributed by atoms with van der Waals surface area (Å²) >= 11 is 6.38. The number of nitro groups is 1. The summed E-state index contributed by atoms with van der Waals surface area (Å²) in [6.07, 6.45) is 2.89. The Bertz CT molecular complexity index is 1070. The van der Waals surface area contributed by atoms with Gasteiger partial charge >= 0.3 is 5.69 Å². The molecule has 0 radical (unpaired) electrons. The molecule has 0 spiro atoms. The first-order chi connectivity index (χ1) is 14.5. The molecule has 9 heteroatoms. The zero-order valence-electron chi connectivity index (χ0n) is 16.3. The third-order valence-electron chi connectivity index (χ3n) is 4.12. The van der Waals surface area contributed by atoms with Gasteiger partial charge in [0.25, 0.3) is 0 Å². The molecule has 0 aliphatic carbocycles. The van der Waals surface area contributed by atoms with Gasteiger partial charge in [0.15, 0.2) is 11.5 Å². The van der Waals surface area contributed by atoms with Crippen molar-refractivity contribution < 1.29 is 14.4 Å². The number of nitrogens with zero attached hydrogens (tertiary/aromatic N) is 3. The van der Waals surface area contributed by atoms with E-state index in [0.29, 0.717) is 28.7 Å². The molecular weight excluding hydrogens is 408 g/mol. The normalized spacial score (nSPS) is 10.8. The minimum atomic E-state index is -0.537. The van der Waals surface area contributed by atoms with Crippen molar-refractivity contribution in [1.82, 2.24) is 4.98 Å². The van der Waals surface area contributed by atoms with Crippen LogP contribution in [0.15, 0.2) is 59.8 Å². The van der Waals surface area contributed by atoms with E-state index in [1.165, 1.54) is 37.2 Å². The minimum Gasteiger partial charge on any atom is -0.493 e. The average Bonchev–Trinajstić information content (AvgIpc) is 2.74. The van der Waals surface area contributed by atoms with Crippen LogP contribution in [0.1, 0.15) is 16.7 Å². The largest absolute Gasteiger partial charge is 0.493 e. The molecule has 30 heavy (non-hydrogen) atoms. The van der Waals surface area contributed by atoms with E-state index in [1.54, 1.807) is 12.1 Å². The molecule has 1 N–H and O–H groups in total. The van der Waals surface area contributed by atoms with Gasteiger partial charge in [0.05, 0.1) is 23.3 Å². The lowest BCUT2D eigenvalue weighted by Gasteiger charge is -2.13. The quantitative estimate of drug-likeness (QED) is 0.309. The van der Waals surface area contributed by atoms with E-state index < -0.39 is 4.92 Å². The molecule has 2 aromatic carbocycles. The third-order valence-corrected chi connectivity index (χ3v) is 4.40. The number of methoxy groups -OCH3 is 1. The summed E-state index contributed by atoms with van der Waals surface area (Å²) in [4.78, 5) is 14.4. The van der Waals surface area contributed by atoms with E-state index in [9.17, 15) is 10.1 Å². The number of pyridine rings is 1. The molecule has 0 bridgehead atoms. The fourth-order valence-electron chi connectivity index (χ4n) is 2.59. The van der Waals surface area contributed by atoms with Gasteiger partial charge in [-0.15, -0.1) is 0 Å². The Labute approximate surface area is 178 Å². The Balaban J connectivity index is 1.74. The van der Waals surface area contributed by atoms with E-state index in [1.807, 2.05) is 31.2 Å². The molecule has 8 nitrogen and oxygen atoms in total. The second-order valence-corrected chi connectivity index (χ2v) is 6.71. The molecule has 0 amide bonds. The summed E-state index contributed by atoms with van der Waals surface area (Å²) in [7, 11) is 1.51. The molecule has 0 saturated carbocycles. The Hall–Kier alpha value is -3.65. The first-order valence-electron chi connectivity index (χ1n) is 8.92. The average molecular weight is 427 g/mol. The van der Waals surface area contributed by atoms with Crippen molar-refractivity contribution in [2.75, 3.05) is 12.5 Å². The number of benzene rings is 2. The molecule has 0 aliphatic heterocycles. The molecular formula is C21H19ClN4O4. The van der Waals surface area contributed by atoms with Crippen molar-refractivity contribution in [2.45, 2.75) is 13.5 Å². The zero-order chi connectivity index (χ0) is 21.5. The van der Waals surface area contributed by atoms with Crippen LogP contribution < -0.4 is 14.9 Å². The van der Waals surface area contributed by atoms with Crippen molar-refractivity contribution in [3.63, 3.8) is 0 Å². The fourth-order valence-corrected chi connectivity index (χ4v) is 2.87. The molecule has 1 heterocycles. The second-order valence-electron chi connectivity index (χ2n) is 6.31. The summed E-state index contributed by atoms with van der Waals surface area (Å²) < 4.78 is 11.2. The Kier molecular flexibility index (Phi) is 6.82. The predicted octanol–water partition coefficient (Wildman–Crippen LogP) is 4.99. The van der Waals surface area contributed by atoms with E-state index in [-0.39, 0.29) is 11.5 Å². The standard InChI is InChI=1S/C21H19ClN4O4/c1-14-5-7-15(8-6-14)13-30-20-17(22)10-16(11-19(20)29-2)12-24-25-21-18(26(27)28)4-3-9-23-21/h3-12H,13H2,1-2H3,(H,23,25)/b24-12-. The maximum absolute atomic E-state index is 11.0. The lowest BCUT2D eigenvalue weighted by Crippen LogP contribution is -2.01. The number of nitrogens with one attached hydrogen (secondary N) is 1. The van der Waals surface area contributed by atoms with Crippen molar-refractivity contribution in [2.24, 2.45) is 5.10 Å². The van der Waals surface area contributed by atoms with Crippen molar-refractivity contribution in [3.05, 3.63) is 86.6 Å². The van der Waals surface area contributed by atoms with Crippen molar-refractivity contribution in [3.8, 4) is 11.5 Å². The van der Waals surface area contributed by atoms with E-state index >= 15 is 0 Å².